The number of para-hydroxylation sites is 2. The third-order valence-electron chi connectivity index (χ3n) is 6.73. The monoisotopic (exact) mass is 506 g/mol. The Morgan fingerprint density at radius 1 is 0.667 bits per heavy atom. The topological polar surface area (TPSA) is 6.48 Å². The molecule has 1 aliphatic rings. The average Bonchev–Trinajstić information content (AvgIpc) is 3.00. The second kappa shape index (κ2) is 12.6. The Balaban J connectivity index is 1.45. The van der Waals surface area contributed by atoms with Crippen LogP contribution in [0.5, 0.6) is 0 Å². The second-order valence-corrected chi connectivity index (χ2v) is 9.37. The van der Waals surface area contributed by atoms with Gasteiger partial charge in [-0.2, -0.15) is 0 Å². The molecule has 0 spiro atoms. The van der Waals surface area contributed by atoms with Gasteiger partial charge in [0.15, 0.2) is 0 Å². The molecular formula is C37H34N2. The zero-order chi connectivity index (χ0) is 26.9. The van der Waals surface area contributed by atoms with Gasteiger partial charge >= 0.3 is 0 Å². The van der Waals surface area contributed by atoms with Gasteiger partial charge in [-0.25, -0.2) is 0 Å². The van der Waals surface area contributed by atoms with E-state index in [1.54, 1.807) is 0 Å². The highest BCUT2D eigenvalue weighted by Crippen LogP contribution is 2.35. The number of allylic oxidation sites excluding steroid dienone is 7. The molecule has 0 saturated heterocycles. The van der Waals surface area contributed by atoms with Crippen molar-refractivity contribution in [1.82, 2.24) is 0 Å². The lowest BCUT2D eigenvalue weighted by Gasteiger charge is -2.28. The van der Waals surface area contributed by atoms with Gasteiger partial charge < -0.3 is 9.80 Å². The van der Waals surface area contributed by atoms with Gasteiger partial charge in [0.1, 0.15) is 0 Å². The van der Waals surface area contributed by atoms with Crippen LogP contribution in [0.1, 0.15) is 19.8 Å². The molecule has 0 atom stereocenters. The minimum Gasteiger partial charge on any atom is -0.311 e. The third kappa shape index (κ3) is 6.02. The van der Waals surface area contributed by atoms with Crippen molar-refractivity contribution in [2.45, 2.75) is 19.8 Å². The highest BCUT2D eigenvalue weighted by atomic mass is 15.2. The third-order valence-corrected chi connectivity index (χ3v) is 6.73. The summed E-state index contributed by atoms with van der Waals surface area (Å²) in [5.74, 6) is 0. The summed E-state index contributed by atoms with van der Waals surface area (Å²) in [6.45, 7) is 5.96. The summed E-state index contributed by atoms with van der Waals surface area (Å²) in [6.07, 6.45) is 17.0. The first-order valence-electron chi connectivity index (χ1n) is 13.5. The molecule has 2 heteroatoms. The van der Waals surface area contributed by atoms with E-state index in [1.807, 2.05) is 25.1 Å². The molecule has 4 aromatic carbocycles. The number of hydrogen-bond donors (Lipinski definition) is 0. The molecule has 0 bridgehead atoms. The van der Waals surface area contributed by atoms with Crippen molar-refractivity contribution >= 4 is 22.7 Å². The van der Waals surface area contributed by atoms with Crippen LogP contribution in [0, 0.1) is 0 Å². The van der Waals surface area contributed by atoms with Crippen molar-refractivity contribution in [1.29, 1.82) is 0 Å². The standard InChI is InChI=1S/C37H34N2/c1-3-14-32(15-4-2)38(33-16-8-5-9-17-33)36-26-22-30(23-27-36)31-24-28-37(29-25-31)39(34-18-10-6-11-19-34)35-20-12-7-13-21-35/h3-6,8-12,14-29H,1,7,13H2,2H3. The highest BCUT2D eigenvalue weighted by Gasteiger charge is 2.15. The Morgan fingerprint density at radius 3 is 1.74 bits per heavy atom. The second-order valence-electron chi connectivity index (χ2n) is 9.37. The minimum atomic E-state index is 1.06. The van der Waals surface area contributed by atoms with Gasteiger partial charge in [0.05, 0.1) is 0 Å². The summed E-state index contributed by atoms with van der Waals surface area (Å²) in [7, 11) is 0. The molecule has 0 unspecified atom stereocenters. The van der Waals surface area contributed by atoms with Crippen LogP contribution in [-0.2, 0) is 0 Å². The van der Waals surface area contributed by atoms with E-state index in [2.05, 4.69) is 150 Å². The number of rotatable bonds is 9. The van der Waals surface area contributed by atoms with Gasteiger partial charge in [0.2, 0.25) is 0 Å². The summed E-state index contributed by atoms with van der Waals surface area (Å²) in [5, 5.41) is 0. The molecule has 39 heavy (non-hydrogen) atoms. The first kappa shape index (κ1) is 25.8. The maximum Gasteiger partial charge on any atom is 0.0462 e. The van der Waals surface area contributed by atoms with Crippen LogP contribution in [0.25, 0.3) is 11.1 Å². The molecule has 0 N–H and O–H groups in total. The maximum absolute atomic E-state index is 3.93. The molecule has 0 radical (unpaired) electrons. The van der Waals surface area contributed by atoms with Crippen LogP contribution >= 0.6 is 0 Å². The first-order chi connectivity index (χ1) is 19.3. The molecule has 4 aromatic rings. The number of anilines is 4. The summed E-state index contributed by atoms with van der Waals surface area (Å²) >= 11 is 0. The van der Waals surface area contributed by atoms with Gasteiger partial charge in [-0.3, -0.25) is 0 Å². The van der Waals surface area contributed by atoms with E-state index in [0.29, 0.717) is 0 Å². The largest absolute Gasteiger partial charge is 0.311 e. The fraction of sp³-hybridized carbons (Fsp3) is 0.0811. The quantitative estimate of drug-likeness (QED) is 0.208. The number of benzene rings is 4. The van der Waals surface area contributed by atoms with E-state index in [9.17, 15) is 0 Å². The summed E-state index contributed by atoms with van der Waals surface area (Å²) < 4.78 is 0. The molecule has 2 nitrogen and oxygen atoms in total. The van der Waals surface area contributed by atoms with Gasteiger partial charge in [-0.1, -0.05) is 91.5 Å². The van der Waals surface area contributed by atoms with E-state index < -0.39 is 0 Å². The Bertz CT molecular complexity index is 1490. The molecule has 1 aliphatic carbocycles. The van der Waals surface area contributed by atoms with E-state index in [-0.39, 0.29) is 0 Å². The lowest BCUT2D eigenvalue weighted by Crippen LogP contribution is -2.16. The van der Waals surface area contributed by atoms with E-state index >= 15 is 0 Å². The smallest absolute Gasteiger partial charge is 0.0462 e. The van der Waals surface area contributed by atoms with Gasteiger partial charge in [-0.05, 0) is 97.7 Å². The summed E-state index contributed by atoms with van der Waals surface area (Å²) in [4.78, 5) is 4.58. The SMILES string of the molecule is C=CC=C(C=CC)N(c1ccccc1)c1ccc(-c2ccc(N(C3=CCCC=C3)c3ccccc3)cc2)cc1. The average molecular weight is 507 g/mol. The lowest BCUT2D eigenvalue weighted by molar-refractivity contribution is 0.997. The van der Waals surface area contributed by atoms with Crippen LogP contribution in [0.15, 0.2) is 170 Å². The lowest BCUT2D eigenvalue weighted by atomic mass is 10.0. The summed E-state index contributed by atoms with van der Waals surface area (Å²) in [5.41, 5.74) is 9.16. The zero-order valence-electron chi connectivity index (χ0n) is 22.4. The van der Waals surface area contributed by atoms with Crippen LogP contribution in [0.2, 0.25) is 0 Å². The van der Waals surface area contributed by atoms with Crippen molar-refractivity contribution in [2.24, 2.45) is 0 Å². The van der Waals surface area contributed by atoms with Crippen LogP contribution in [0.4, 0.5) is 22.7 Å². The minimum absolute atomic E-state index is 1.06. The molecule has 0 fully saturated rings. The Hall–Kier alpha value is -4.82. The Morgan fingerprint density at radius 2 is 1.21 bits per heavy atom. The molecule has 0 aromatic heterocycles. The van der Waals surface area contributed by atoms with Gasteiger partial charge in [-0.15, -0.1) is 0 Å². The van der Waals surface area contributed by atoms with Gasteiger partial charge in [0.25, 0.3) is 0 Å². The maximum atomic E-state index is 3.93. The van der Waals surface area contributed by atoms with Crippen LogP contribution in [-0.4, -0.2) is 0 Å². The molecule has 5 rings (SSSR count). The van der Waals surface area contributed by atoms with Gasteiger partial charge in [0, 0.05) is 34.1 Å². The fourth-order valence-corrected chi connectivity index (χ4v) is 4.92. The Labute approximate surface area is 232 Å². The predicted octanol–water partition coefficient (Wildman–Crippen LogP) is 10.5. The molecule has 0 aliphatic heterocycles. The molecule has 192 valence electrons. The molecule has 0 amide bonds. The molecular weight excluding hydrogens is 472 g/mol. The number of nitrogens with zero attached hydrogens (tertiary/aromatic N) is 2. The van der Waals surface area contributed by atoms with E-state index in [4.69, 9.17) is 0 Å². The van der Waals surface area contributed by atoms with Crippen molar-refractivity contribution in [2.75, 3.05) is 9.80 Å². The van der Waals surface area contributed by atoms with E-state index in [0.717, 1.165) is 41.3 Å². The van der Waals surface area contributed by atoms with Crippen LogP contribution < -0.4 is 9.80 Å². The number of hydrogen-bond acceptors (Lipinski definition) is 2. The van der Waals surface area contributed by atoms with Crippen molar-refractivity contribution in [3.05, 3.63) is 170 Å². The van der Waals surface area contributed by atoms with E-state index in [1.165, 1.54) is 16.8 Å². The fourth-order valence-electron chi connectivity index (χ4n) is 4.92. The molecule has 0 heterocycles. The normalized spacial score (nSPS) is 13.3. The Kier molecular flexibility index (Phi) is 8.35. The molecule has 0 saturated carbocycles. The van der Waals surface area contributed by atoms with Crippen molar-refractivity contribution < 1.29 is 0 Å². The predicted molar refractivity (Wildman–Crippen MR) is 169 cm³/mol. The van der Waals surface area contributed by atoms with Crippen molar-refractivity contribution in [3.8, 4) is 11.1 Å². The zero-order valence-corrected chi connectivity index (χ0v) is 22.4. The summed E-state index contributed by atoms with van der Waals surface area (Å²) in [6, 6.07) is 38.6. The highest BCUT2D eigenvalue weighted by molar-refractivity contribution is 5.76. The first-order valence-corrected chi connectivity index (χ1v) is 13.5. The van der Waals surface area contributed by atoms with Crippen molar-refractivity contribution in [3.63, 3.8) is 0 Å². The van der Waals surface area contributed by atoms with Crippen LogP contribution in [0.3, 0.4) is 0 Å².